The molecule has 0 unspecified atom stereocenters. The average molecular weight is 313 g/mol. The zero-order valence-corrected chi connectivity index (χ0v) is 12.5. The first-order chi connectivity index (χ1) is 10.0. The van der Waals surface area contributed by atoms with E-state index in [-0.39, 0.29) is 6.03 Å². The van der Waals surface area contributed by atoms with E-state index < -0.39 is 10.2 Å². The number of anilines is 2. The van der Waals surface area contributed by atoms with Crippen molar-refractivity contribution in [3.05, 3.63) is 24.3 Å². The molecule has 2 rings (SSSR count). The van der Waals surface area contributed by atoms with E-state index in [2.05, 4.69) is 20.7 Å². The molecule has 21 heavy (non-hydrogen) atoms. The Kier molecular flexibility index (Phi) is 4.99. The summed E-state index contributed by atoms with van der Waals surface area (Å²) in [5.74, 6) is 0. The molecule has 1 fully saturated rings. The van der Waals surface area contributed by atoms with Crippen LogP contribution in [-0.4, -0.2) is 52.0 Å². The fourth-order valence-corrected chi connectivity index (χ4v) is 3.14. The Balaban J connectivity index is 2.00. The van der Waals surface area contributed by atoms with Gasteiger partial charge in [-0.1, -0.05) is 0 Å². The van der Waals surface area contributed by atoms with Crippen LogP contribution in [0.25, 0.3) is 0 Å². The van der Waals surface area contributed by atoms with Gasteiger partial charge in [0.15, 0.2) is 0 Å². The van der Waals surface area contributed by atoms with Crippen molar-refractivity contribution in [1.29, 1.82) is 0 Å². The van der Waals surface area contributed by atoms with Crippen LogP contribution in [0.2, 0.25) is 0 Å². The molecule has 1 aromatic carbocycles. The van der Waals surface area contributed by atoms with Crippen molar-refractivity contribution < 1.29 is 13.2 Å². The molecule has 2 amide bonds. The van der Waals surface area contributed by atoms with Gasteiger partial charge in [0.1, 0.15) is 0 Å². The summed E-state index contributed by atoms with van der Waals surface area (Å²) in [5, 5.41) is 8.14. The van der Waals surface area contributed by atoms with E-state index >= 15 is 0 Å². The molecule has 0 aliphatic carbocycles. The smallest absolute Gasteiger partial charge is 0.318 e. The SMILES string of the molecule is CNC(=O)Nc1ccc(NS(=O)(=O)N2CCNCC2)cc1. The third-order valence-corrected chi connectivity index (χ3v) is 4.57. The zero-order chi connectivity index (χ0) is 15.3. The summed E-state index contributed by atoms with van der Waals surface area (Å²) in [6.07, 6.45) is 0. The molecule has 1 saturated heterocycles. The first-order valence-electron chi connectivity index (χ1n) is 6.59. The van der Waals surface area contributed by atoms with Crippen LogP contribution in [-0.2, 0) is 10.2 Å². The first-order valence-corrected chi connectivity index (χ1v) is 8.03. The van der Waals surface area contributed by atoms with Gasteiger partial charge in [-0.3, -0.25) is 4.72 Å². The summed E-state index contributed by atoms with van der Waals surface area (Å²) in [7, 11) is -2.01. The highest BCUT2D eigenvalue weighted by Crippen LogP contribution is 2.16. The van der Waals surface area contributed by atoms with E-state index in [0.717, 1.165) is 0 Å². The summed E-state index contributed by atoms with van der Waals surface area (Å²) in [6, 6.07) is 6.13. The molecule has 8 nitrogen and oxygen atoms in total. The maximum absolute atomic E-state index is 12.2. The molecule has 4 N–H and O–H groups in total. The topological polar surface area (TPSA) is 103 Å². The number of urea groups is 1. The number of rotatable bonds is 4. The van der Waals surface area contributed by atoms with Crippen LogP contribution in [0.5, 0.6) is 0 Å². The van der Waals surface area contributed by atoms with Crippen molar-refractivity contribution in [3.8, 4) is 0 Å². The lowest BCUT2D eigenvalue weighted by Gasteiger charge is -2.26. The standard InChI is InChI=1S/C12H19N5O3S/c1-13-12(18)15-10-2-4-11(5-3-10)16-21(19,20)17-8-6-14-7-9-17/h2-5,14,16H,6-9H2,1H3,(H2,13,15,18). The molecule has 0 spiro atoms. The Bertz CT molecular complexity index is 581. The largest absolute Gasteiger partial charge is 0.341 e. The molecule has 0 saturated carbocycles. The number of nitrogens with zero attached hydrogens (tertiary/aromatic N) is 1. The highest BCUT2D eigenvalue weighted by atomic mass is 32.2. The van der Waals surface area contributed by atoms with Gasteiger partial charge < -0.3 is 16.0 Å². The number of hydrogen-bond donors (Lipinski definition) is 4. The van der Waals surface area contributed by atoms with Gasteiger partial charge in [0.25, 0.3) is 0 Å². The predicted octanol–water partition coefficient (Wildman–Crippen LogP) is -0.000200. The molecular weight excluding hydrogens is 294 g/mol. The van der Waals surface area contributed by atoms with Crippen LogP contribution in [0.1, 0.15) is 0 Å². The molecule has 1 heterocycles. The van der Waals surface area contributed by atoms with Crippen LogP contribution in [0, 0.1) is 0 Å². The van der Waals surface area contributed by atoms with Gasteiger partial charge in [0.05, 0.1) is 0 Å². The highest BCUT2D eigenvalue weighted by molar-refractivity contribution is 7.90. The van der Waals surface area contributed by atoms with Gasteiger partial charge in [0.2, 0.25) is 0 Å². The fourth-order valence-electron chi connectivity index (χ4n) is 1.91. The van der Waals surface area contributed by atoms with Gasteiger partial charge >= 0.3 is 16.2 Å². The minimum atomic E-state index is -3.53. The van der Waals surface area contributed by atoms with Crippen molar-refractivity contribution in [2.45, 2.75) is 0 Å². The maximum Gasteiger partial charge on any atom is 0.318 e. The Labute approximate surface area is 124 Å². The van der Waals surface area contributed by atoms with E-state index in [9.17, 15) is 13.2 Å². The van der Waals surface area contributed by atoms with Gasteiger partial charge in [-0.15, -0.1) is 0 Å². The second-order valence-corrected chi connectivity index (χ2v) is 6.21. The molecule has 1 aliphatic rings. The van der Waals surface area contributed by atoms with E-state index in [1.54, 1.807) is 24.3 Å². The normalized spacial score (nSPS) is 16.2. The molecule has 1 aromatic rings. The van der Waals surface area contributed by atoms with Crippen molar-refractivity contribution in [2.75, 3.05) is 43.3 Å². The summed E-state index contributed by atoms with van der Waals surface area (Å²) in [5.41, 5.74) is 1.04. The van der Waals surface area contributed by atoms with Gasteiger partial charge in [-0.25, -0.2) is 4.79 Å². The summed E-state index contributed by atoms with van der Waals surface area (Å²) >= 11 is 0. The number of benzene rings is 1. The van der Waals surface area contributed by atoms with Crippen molar-refractivity contribution >= 4 is 27.6 Å². The van der Waals surface area contributed by atoms with Crippen LogP contribution in [0.3, 0.4) is 0 Å². The van der Waals surface area contributed by atoms with Crippen LogP contribution in [0.15, 0.2) is 24.3 Å². The van der Waals surface area contributed by atoms with Crippen molar-refractivity contribution in [2.24, 2.45) is 0 Å². The summed E-state index contributed by atoms with van der Waals surface area (Å²) in [6.45, 7) is 2.20. The third kappa shape index (κ3) is 4.31. The molecule has 9 heteroatoms. The minimum absolute atomic E-state index is 0.329. The molecule has 1 aliphatic heterocycles. The van der Waals surface area contributed by atoms with Gasteiger partial charge in [-0.2, -0.15) is 12.7 Å². The zero-order valence-electron chi connectivity index (χ0n) is 11.7. The monoisotopic (exact) mass is 313 g/mol. The quantitative estimate of drug-likeness (QED) is 0.628. The van der Waals surface area contributed by atoms with Crippen LogP contribution < -0.4 is 20.7 Å². The van der Waals surface area contributed by atoms with Gasteiger partial charge in [0, 0.05) is 44.6 Å². The summed E-state index contributed by atoms with van der Waals surface area (Å²) in [4.78, 5) is 11.2. The lowest BCUT2D eigenvalue weighted by atomic mass is 10.3. The van der Waals surface area contributed by atoms with Gasteiger partial charge in [-0.05, 0) is 24.3 Å². The number of carbonyl (C=O) groups excluding carboxylic acids is 1. The number of carbonyl (C=O) groups is 1. The van der Waals surface area contributed by atoms with Crippen LogP contribution in [0.4, 0.5) is 16.2 Å². The Morgan fingerprint density at radius 3 is 2.29 bits per heavy atom. The Morgan fingerprint density at radius 2 is 1.71 bits per heavy atom. The number of amides is 2. The summed E-state index contributed by atoms with van der Waals surface area (Å²) < 4.78 is 28.3. The molecule has 0 radical (unpaired) electrons. The Hall–Kier alpha value is -1.84. The molecule has 116 valence electrons. The highest BCUT2D eigenvalue weighted by Gasteiger charge is 2.23. The minimum Gasteiger partial charge on any atom is -0.341 e. The first kappa shape index (κ1) is 15.5. The fraction of sp³-hybridized carbons (Fsp3) is 0.417. The van der Waals surface area contributed by atoms with Crippen molar-refractivity contribution in [1.82, 2.24) is 14.9 Å². The maximum atomic E-state index is 12.2. The molecule has 0 bridgehead atoms. The molecule has 0 atom stereocenters. The Morgan fingerprint density at radius 1 is 1.14 bits per heavy atom. The lowest BCUT2D eigenvalue weighted by molar-refractivity contribution is 0.254. The van der Waals surface area contributed by atoms with Crippen molar-refractivity contribution in [3.63, 3.8) is 0 Å². The second kappa shape index (κ2) is 6.74. The number of hydrogen-bond acceptors (Lipinski definition) is 4. The predicted molar refractivity (Wildman–Crippen MR) is 81.5 cm³/mol. The number of nitrogens with one attached hydrogen (secondary N) is 4. The van der Waals surface area contributed by atoms with Crippen LogP contribution >= 0.6 is 0 Å². The third-order valence-electron chi connectivity index (χ3n) is 3.03. The van der Waals surface area contributed by atoms with E-state index in [1.165, 1.54) is 11.4 Å². The second-order valence-electron chi connectivity index (χ2n) is 4.54. The van der Waals surface area contributed by atoms with E-state index in [1.807, 2.05) is 0 Å². The van der Waals surface area contributed by atoms with E-state index in [0.29, 0.717) is 37.6 Å². The lowest BCUT2D eigenvalue weighted by Crippen LogP contribution is -2.48. The number of piperazine rings is 1. The molecule has 0 aromatic heterocycles. The van der Waals surface area contributed by atoms with E-state index in [4.69, 9.17) is 0 Å². The molecular formula is C12H19N5O3S. The average Bonchev–Trinajstić information content (AvgIpc) is 2.50.